The van der Waals surface area contributed by atoms with Crippen LogP contribution < -0.4 is 19.6 Å². The molecule has 0 saturated heterocycles. The number of ether oxygens (including phenoxy) is 1. The van der Waals surface area contributed by atoms with E-state index >= 15 is 0 Å². The third-order valence-corrected chi connectivity index (χ3v) is 8.05. The van der Waals surface area contributed by atoms with Gasteiger partial charge in [0.1, 0.15) is 31.5 Å². The number of aromatic carboxylic acids is 1. The number of carbonyl (C=O) groups excluding carboxylic acids is 1. The first kappa shape index (κ1) is 23.9. The van der Waals surface area contributed by atoms with Gasteiger partial charge in [0.15, 0.2) is 0 Å². The average Bonchev–Trinajstić information content (AvgIpc) is 3.16. The van der Waals surface area contributed by atoms with Gasteiger partial charge < -0.3 is 29.0 Å². The maximum absolute atomic E-state index is 11.8. The molecule has 0 radical (unpaired) electrons. The number of rotatable bonds is 6. The number of hydrogen-bond donors (Lipinski definition) is 2. The molecule has 1 unspecified atom stereocenters. The molecule has 186 valence electrons. The van der Waals surface area contributed by atoms with E-state index in [4.69, 9.17) is 4.74 Å². The average molecular weight is 477 g/mol. The lowest BCUT2D eigenvalue weighted by Gasteiger charge is -2.30. The van der Waals surface area contributed by atoms with E-state index < -0.39 is 5.97 Å². The summed E-state index contributed by atoms with van der Waals surface area (Å²) in [5.74, 6) is 0.277. The van der Waals surface area contributed by atoms with Crippen molar-refractivity contribution < 1.29 is 24.4 Å². The van der Waals surface area contributed by atoms with E-state index in [1.54, 1.807) is 6.07 Å². The van der Waals surface area contributed by atoms with Crippen LogP contribution in [0.15, 0.2) is 42.5 Å². The highest BCUT2D eigenvalue weighted by molar-refractivity contribution is 5.98. The Morgan fingerprint density at radius 3 is 2.57 bits per heavy atom. The van der Waals surface area contributed by atoms with Crippen molar-refractivity contribution >= 4 is 16.9 Å². The monoisotopic (exact) mass is 476 g/mol. The quantitative estimate of drug-likeness (QED) is 0.561. The first-order chi connectivity index (χ1) is 16.9. The number of likely N-dealkylation sites (N-methyl/N-ethyl adjacent to an activating group) is 2. The number of nitrogens with zero attached hydrogens (tertiary/aromatic N) is 1. The Kier molecular flexibility index (Phi) is 6.85. The maximum atomic E-state index is 11.8. The van der Waals surface area contributed by atoms with Crippen LogP contribution in [0.3, 0.4) is 0 Å². The van der Waals surface area contributed by atoms with Gasteiger partial charge in [-0.05, 0) is 48.1 Å². The van der Waals surface area contributed by atoms with Gasteiger partial charge >= 0.3 is 0 Å². The van der Waals surface area contributed by atoms with E-state index in [-0.39, 0.29) is 11.6 Å². The molecule has 3 aromatic rings. The van der Waals surface area contributed by atoms with Crippen LogP contribution in [0.5, 0.6) is 5.75 Å². The topological polar surface area (TPSA) is 63.2 Å². The standard InChI is InChI=1S/C29H37N3O3/c1-30(2)15-16-31(3)22-18-32-25-17-21(29(33)34)13-14-23(25)27(20-9-5-4-6-10-20)28(32)24-11-7-8-12-26(24)35-19-22/h7-8,11-14,17,20,22H,4-6,9-10,15-16,18-19H2,1-3H3,(H,33,34)/p+1/t22-/m1/s1. The summed E-state index contributed by atoms with van der Waals surface area (Å²) in [4.78, 5) is 14.7. The number of nitrogens with one attached hydrogen (secondary N) is 2. The van der Waals surface area contributed by atoms with Crippen LogP contribution in [-0.4, -0.2) is 57.4 Å². The number of para-hydroxylation sites is 1. The minimum absolute atomic E-state index is 0.244. The van der Waals surface area contributed by atoms with E-state index in [0.717, 1.165) is 36.5 Å². The Labute approximate surface area is 208 Å². The van der Waals surface area contributed by atoms with Crippen LogP contribution >= 0.6 is 0 Å². The largest absolute Gasteiger partial charge is 0.545 e. The van der Waals surface area contributed by atoms with Crippen LogP contribution in [0.2, 0.25) is 0 Å². The minimum Gasteiger partial charge on any atom is -0.545 e. The Morgan fingerprint density at radius 2 is 1.83 bits per heavy atom. The van der Waals surface area contributed by atoms with Crippen molar-refractivity contribution in [3.05, 3.63) is 53.6 Å². The third kappa shape index (κ3) is 4.69. The number of quaternary nitrogens is 2. The molecule has 5 rings (SSSR count). The molecular formula is C29H38N3O3+. The van der Waals surface area contributed by atoms with Crippen LogP contribution in [0.1, 0.15) is 53.9 Å². The fraction of sp³-hybridized carbons (Fsp3) is 0.483. The molecule has 2 heterocycles. The van der Waals surface area contributed by atoms with E-state index in [2.05, 4.69) is 43.9 Å². The van der Waals surface area contributed by atoms with Crippen molar-refractivity contribution in [3.63, 3.8) is 0 Å². The van der Waals surface area contributed by atoms with Gasteiger partial charge in [-0.25, -0.2) is 0 Å². The van der Waals surface area contributed by atoms with Gasteiger partial charge in [-0.2, -0.15) is 0 Å². The van der Waals surface area contributed by atoms with Crippen LogP contribution in [0.25, 0.3) is 22.2 Å². The second kappa shape index (κ2) is 10.0. The Hall–Kier alpha value is -2.83. The lowest BCUT2D eigenvalue weighted by atomic mass is 9.81. The molecule has 6 heteroatoms. The number of carbonyl (C=O) groups is 1. The van der Waals surface area contributed by atoms with E-state index in [1.165, 1.54) is 58.5 Å². The zero-order valence-corrected chi connectivity index (χ0v) is 21.2. The molecule has 0 amide bonds. The molecular weight excluding hydrogens is 438 g/mol. The molecule has 2 aliphatic rings. The molecule has 0 spiro atoms. The summed E-state index contributed by atoms with van der Waals surface area (Å²) in [7, 11) is 6.63. The van der Waals surface area contributed by atoms with Crippen molar-refractivity contribution in [1.29, 1.82) is 0 Å². The highest BCUT2D eigenvalue weighted by Gasteiger charge is 2.32. The second-order valence-corrected chi connectivity index (χ2v) is 10.8. The minimum atomic E-state index is -1.12. The molecule has 1 aromatic heterocycles. The molecule has 6 nitrogen and oxygen atoms in total. The maximum Gasteiger partial charge on any atom is 0.142 e. The first-order valence-electron chi connectivity index (χ1n) is 13.1. The summed E-state index contributed by atoms with van der Waals surface area (Å²) in [6.07, 6.45) is 6.14. The number of hydrogen-bond acceptors (Lipinski definition) is 3. The summed E-state index contributed by atoms with van der Waals surface area (Å²) in [5.41, 5.74) is 4.96. The Balaban J connectivity index is 1.72. The lowest BCUT2D eigenvalue weighted by Crippen LogP contribution is -3.19. The summed E-state index contributed by atoms with van der Waals surface area (Å²) < 4.78 is 8.89. The fourth-order valence-corrected chi connectivity index (χ4v) is 5.99. The van der Waals surface area contributed by atoms with Crippen LogP contribution in [-0.2, 0) is 6.54 Å². The Morgan fingerprint density at radius 1 is 1.06 bits per heavy atom. The first-order valence-corrected chi connectivity index (χ1v) is 13.1. The van der Waals surface area contributed by atoms with Gasteiger partial charge in [0, 0.05) is 16.5 Å². The zero-order valence-electron chi connectivity index (χ0n) is 21.2. The summed E-state index contributed by atoms with van der Waals surface area (Å²) in [6.45, 7) is 3.55. The summed E-state index contributed by atoms with van der Waals surface area (Å²) >= 11 is 0. The van der Waals surface area contributed by atoms with Crippen molar-refractivity contribution in [3.8, 4) is 17.0 Å². The van der Waals surface area contributed by atoms with Crippen molar-refractivity contribution in [2.24, 2.45) is 0 Å². The van der Waals surface area contributed by atoms with Gasteiger partial charge in [0.25, 0.3) is 0 Å². The highest BCUT2D eigenvalue weighted by Crippen LogP contribution is 2.46. The molecule has 1 aliphatic carbocycles. The molecule has 2 N–H and O–H groups in total. The number of benzene rings is 2. The molecule has 1 saturated carbocycles. The van der Waals surface area contributed by atoms with Gasteiger partial charge in [0.05, 0.1) is 39.4 Å². The summed E-state index contributed by atoms with van der Waals surface area (Å²) in [5, 5.41) is 13.0. The molecule has 1 fully saturated rings. The molecule has 2 atom stereocenters. The number of carboxylic acid groups (broad SMARTS) is 1. The molecule has 0 bridgehead atoms. The van der Waals surface area contributed by atoms with Crippen molar-refractivity contribution in [2.75, 3.05) is 40.8 Å². The predicted molar refractivity (Wildman–Crippen MR) is 136 cm³/mol. The van der Waals surface area contributed by atoms with Gasteiger partial charge in [-0.15, -0.1) is 0 Å². The van der Waals surface area contributed by atoms with Crippen molar-refractivity contribution in [1.82, 2.24) is 4.57 Å². The van der Waals surface area contributed by atoms with Crippen LogP contribution in [0.4, 0.5) is 0 Å². The van der Waals surface area contributed by atoms with Crippen LogP contribution in [0, 0.1) is 0 Å². The number of fused-ring (bicyclic) bond motifs is 5. The number of aromatic nitrogens is 1. The van der Waals surface area contributed by atoms with E-state index in [1.807, 2.05) is 18.2 Å². The Bertz CT molecular complexity index is 1210. The second-order valence-electron chi connectivity index (χ2n) is 10.8. The highest BCUT2D eigenvalue weighted by atomic mass is 16.5. The summed E-state index contributed by atoms with van der Waals surface area (Å²) in [6, 6.07) is 14.2. The van der Waals surface area contributed by atoms with Gasteiger partial charge in [-0.1, -0.05) is 43.5 Å². The predicted octanol–water partition coefficient (Wildman–Crippen LogP) is 1.14. The van der Waals surface area contributed by atoms with Gasteiger partial charge in [-0.3, -0.25) is 0 Å². The fourth-order valence-electron chi connectivity index (χ4n) is 5.99. The smallest absolute Gasteiger partial charge is 0.142 e. The SMILES string of the molecule is C[NH+](C)CC[NH+](C)[C@H]1COc2ccccc2-c2c(C3CCCCC3)c3ccc(C(=O)[O-])cc3n2C1. The molecule has 35 heavy (non-hydrogen) atoms. The molecule has 2 aromatic carbocycles. The van der Waals surface area contributed by atoms with Crippen molar-refractivity contribution in [2.45, 2.75) is 50.6 Å². The molecule has 1 aliphatic heterocycles. The van der Waals surface area contributed by atoms with Gasteiger partial charge in [0.2, 0.25) is 0 Å². The van der Waals surface area contributed by atoms with E-state index in [9.17, 15) is 9.90 Å². The zero-order chi connectivity index (χ0) is 24.5. The van der Waals surface area contributed by atoms with E-state index in [0.29, 0.717) is 12.5 Å². The third-order valence-electron chi connectivity index (χ3n) is 8.05. The number of carboxylic acids is 1. The lowest BCUT2D eigenvalue weighted by molar-refractivity contribution is -0.945. The normalized spacial score (nSPS) is 19.5.